The van der Waals surface area contributed by atoms with E-state index in [1.807, 2.05) is 24.3 Å². The van der Waals surface area contributed by atoms with Gasteiger partial charge in [0.1, 0.15) is 12.1 Å². The summed E-state index contributed by atoms with van der Waals surface area (Å²) < 4.78 is 28.7. The first kappa shape index (κ1) is 19.5. The predicted molar refractivity (Wildman–Crippen MR) is 110 cm³/mol. The molecule has 1 saturated heterocycles. The number of para-hydroxylation sites is 1. The zero-order chi connectivity index (χ0) is 20.3. The smallest absolute Gasteiger partial charge is 0.246 e. The highest BCUT2D eigenvalue weighted by Gasteiger charge is 2.25. The second-order valence-electron chi connectivity index (χ2n) is 7.13. The molecule has 0 bridgehead atoms. The van der Waals surface area contributed by atoms with Crippen LogP contribution in [0.1, 0.15) is 25.7 Å². The van der Waals surface area contributed by atoms with Crippen molar-refractivity contribution in [1.82, 2.24) is 19.3 Å². The monoisotopic (exact) mass is 413 g/mol. The average molecular weight is 414 g/mol. The summed E-state index contributed by atoms with van der Waals surface area (Å²) >= 11 is 0. The van der Waals surface area contributed by atoms with Crippen LogP contribution < -0.4 is 5.32 Å². The van der Waals surface area contributed by atoms with Crippen LogP contribution in [0.15, 0.2) is 53.4 Å². The highest BCUT2D eigenvalue weighted by molar-refractivity contribution is 7.89. The molecule has 29 heavy (non-hydrogen) atoms. The molecule has 152 valence electrons. The first-order valence-corrected chi connectivity index (χ1v) is 11.2. The Morgan fingerprint density at radius 1 is 0.966 bits per heavy atom. The first-order chi connectivity index (χ1) is 14.0. The van der Waals surface area contributed by atoms with E-state index >= 15 is 0 Å². The Balaban J connectivity index is 1.43. The van der Waals surface area contributed by atoms with Gasteiger partial charge in [-0.15, -0.1) is 5.10 Å². The van der Waals surface area contributed by atoms with E-state index in [-0.39, 0.29) is 17.3 Å². The zero-order valence-corrected chi connectivity index (χ0v) is 16.8. The summed E-state index contributed by atoms with van der Waals surface area (Å²) in [6.45, 7) is 1.15. The number of aromatic nitrogens is 3. The number of hydrogen-bond acceptors (Lipinski definition) is 5. The molecular weight excluding hydrogens is 390 g/mol. The number of anilines is 1. The van der Waals surface area contributed by atoms with E-state index in [2.05, 4.69) is 15.6 Å². The molecule has 0 spiro atoms. The van der Waals surface area contributed by atoms with Crippen LogP contribution in [0.3, 0.4) is 0 Å². The van der Waals surface area contributed by atoms with Gasteiger partial charge in [-0.2, -0.15) is 4.31 Å². The normalized spacial score (nSPS) is 15.9. The summed E-state index contributed by atoms with van der Waals surface area (Å²) in [4.78, 5) is 12.6. The number of sulfonamides is 1. The van der Waals surface area contributed by atoms with Crippen LogP contribution >= 0.6 is 0 Å². The van der Waals surface area contributed by atoms with E-state index in [4.69, 9.17) is 0 Å². The van der Waals surface area contributed by atoms with Gasteiger partial charge in [-0.05, 0) is 49.2 Å². The minimum atomic E-state index is -3.50. The lowest BCUT2D eigenvalue weighted by Crippen LogP contribution is -2.31. The van der Waals surface area contributed by atoms with Gasteiger partial charge < -0.3 is 5.32 Å². The number of carbonyl (C=O) groups excluding carboxylic acids is 1. The number of fused-ring (bicyclic) bond motifs is 1. The van der Waals surface area contributed by atoms with Crippen LogP contribution in [0.5, 0.6) is 0 Å². The van der Waals surface area contributed by atoms with Crippen molar-refractivity contribution in [2.75, 3.05) is 18.4 Å². The molecule has 4 rings (SSSR count). The number of amides is 1. The number of benzene rings is 2. The van der Waals surface area contributed by atoms with Gasteiger partial charge in [-0.3, -0.25) is 4.79 Å². The van der Waals surface area contributed by atoms with E-state index in [1.165, 1.54) is 4.68 Å². The van der Waals surface area contributed by atoms with Gasteiger partial charge in [0.15, 0.2) is 0 Å². The van der Waals surface area contributed by atoms with Crippen molar-refractivity contribution >= 4 is 32.7 Å². The van der Waals surface area contributed by atoms with Gasteiger partial charge in [0, 0.05) is 18.8 Å². The molecule has 1 aliphatic rings. The van der Waals surface area contributed by atoms with E-state index in [9.17, 15) is 13.2 Å². The molecule has 9 heteroatoms. The minimum Gasteiger partial charge on any atom is -0.324 e. The molecule has 1 aliphatic heterocycles. The molecular formula is C20H23N5O3S. The Kier molecular flexibility index (Phi) is 5.59. The number of nitrogens with zero attached hydrogens (tertiary/aromatic N) is 4. The molecule has 3 aromatic rings. The molecule has 0 atom stereocenters. The van der Waals surface area contributed by atoms with E-state index in [0.29, 0.717) is 18.8 Å². The van der Waals surface area contributed by atoms with Crippen molar-refractivity contribution in [3.8, 4) is 0 Å². The van der Waals surface area contributed by atoms with Crippen molar-refractivity contribution in [1.29, 1.82) is 0 Å². The van der Waals surface area contributed by atoms with Crippen molar-refractivity contribution in [3.63, 3.8) is 0 Å². The lowest BCUT2D eigenvalue weighted by Gasteiger charge is -2.20. The molecule has 1 fully saturated rings. The van der Waals surface area contributed by atoms with Crippen LogP contribution in [0.25, 0.3) is 11.0 Å². The average Bonchev–Trinajstić information content (AvgIpc) is 2.92. The second kappa shape index (κ2) is 8.30. The minimum absolute atomic E-state index is 0.0222. The lowest BCUT2D eigenvalue weighted by atomic mass is 10.2. The summed E-state index contributed by atoms with van der Waals surface area (Å²) in [5.41, 5.74) is 2.04. The fourth-order valence-electron chi connectivity index (χ4n) is 3.51. The van der Waals surface area contributed by atoms with Gasteiger partial charge in [0.05, 0.1) is 10.4 Å². The third-order valence-corrected chi connectivity index (χ3v) is 6.97. The van der Waals surface area contributed by atoms with Crippen molar-refractivity contribution in [2.24, 2.45) is 0 Å². The zero-order valence-electron chi connectivity index (χ0n) is 16.0. The van der Waals surface area contributed by atoms with Crippen LogP contribution in [0.2, 0.25) is 0 Å². The van der Waals surface area contributed by atoms with Gasteiger partial charge >= 0.3 is 0 Å². The van der Waals surface area contributed by atoms with Crippen molar-refractivity contribution < 1.29 is 13.2 Å². The summed E-state index contributed by atoms with van der Waals surface area (Å²) in [6, 6.07) is 13.7. The van der Waals surface area contributed by atoms with Crippen LogP contribution in [0, 0.1) is 0 Å². The molecule has 1 N–H and O–H groups in total. The SMILES string of the molecule is O=C(Cn1nnc2ccccc21)Nc1ccc(S(=O)(=O)N2CCCCCC2)cc1. The van der Waals surface area contributed by atoms with Crippen LogP contribution in [0.4, 0.5) is 5.69 Å². The van der Waals surface area contributed by atoms with E-state index in [0.717, 1.165) is 36.7 Å². The molecule has 2 aromatic carbocycles. The quantitative estimate of drug-likeness (QED) is 0.693. The maximum absolute atomic E-state index is 12.8. The number of carbonyl (C=O) groups is 1. The third-order valence-electron chi connectivity index (χ3n) is 5.05. The summed E-state index contributed by atoms with van der Waals surface area (Å²) in [5.74, 6) is -0.260. The van der Waals surface area contributed by atoms with E-state index in [1.54, 1.807) is 28.6 Å². The fraction of sp³-hybridized carbons (Fsp3) is 0.350. The summed E-state index contributed by atoms with van der Waals surface area (Å²) in [6.07, 6.45) is 3.92. The molecule has 1 amide bonds. The number of nitrogens with one attached hydrogen (secondary N) is 1. The predicted octanol–water partition coefficient (Wildman–Crippen LogP) is 2.63. The van der Waals surface area contributed by atoms with Gasteiger partial charge in [-0.1, -0.05) is 30.2 Å². The lowest BCUT2D eigenvalue weighted by molar-refractivity contribution is -0.116. The molecule has 0 aliphatic carbocycles. The first-order valence-electron chi connectivity index (χ1n) is 9.72. The highest BCUT2D eigenvalue weighted by atomic mass is 32.2. The molecule has 8 nitrogen and oxygen atoms in total. The molecule has 0 saturated carbocycles. The Morgan fingerprint density at radius 3 is 2.38 bits per heavy atom. The fourth-order valence-corrected chi connectivity index (χ4v) is 5.03. The molecule has 0 unspecified atom stereocenters. The topological polar surface area (TPSA) is 97.2 Å². The van der Waals surface area contributed by atoms with Crippen molar-refractivity contribution in [3.05, 3.63) is 48.5 Å². The summed E-state index contributed by atoms with van der Waals surface area (Å²) in [5, 5.41) is 10.8. The standard InChI is InChI=1S/C20H23N5O3S/c26-20(15-25-19-8-4-3-7-18(19)22-23-25)21-16-9-11-17(12-10-16)29(27,28)24-13-5-1-2-6-14-24/h3-4,7-12H,1-2,5-6,13-15H2,(H,21,26). The highest BCUT2D eigenvalue weighted by Crippen LogP contribution is 2.22. The Hall–Kier alpha value is -2.78. The van der Waals surface area contributed by atoms with Crippen LogP contribution in [-0.2, 0) is 21.4 Å². The van der Waals surface area contributed by atoms with Gasteiger partial charge in [0.25, 0.3) is 0 Å². The number of hydrogen-bond donors (Lipinski definition) is 1. The van der Waals surface area contributed by atoms with E-state index < -0.39 is 10.0 Å². The Morgan fingerprint density at radius 2 is 1.66 bits per heavy atom. The molecule has 1 aromatic heterocycles. The maximum Gasteiger partial charge on any atom is 0.246 e. The second-order valence-corrected chi connectivity index (χ2v) is 9.06. The molecule has 2 heterocycles. The van der Waals surface area contributed by atoms with Crippen LogP contribution in [-0.4, -0.2) is 46.7 Å². The molecule has 0 radical (unpaired) electrons. The Bertz CT molecular complexity index is 1100. The largest absolute Gasteiger partial charge is 0.324 e. The summed E-state index contributed by atoms with van der Waals surface area (Å²) in [7, 11) is -3.50. The van der Waals surface area contributed by atoms with Gasteiger partial charge in [0.2, 0.25) is 15.9 Å². The van der Waals surface area contributed by atoms with Crippen molar-refractivity contribution in [2.45, 2.75) is 37.1 Å². The third kappa shape index (κ3) is 4.30. The maximum atomic E-state index is 12.8. The number of rotatable bonds is 5. The Labute approximate surface area is 169 Å². The van der Waals surface area contributed by atoms with Gasteiger partial charge in [-0.25, -0.2) is 13.1 Å².